The predicted molar refractivity (Wildman–Crippen MR) is 93.9 cm³/mol. The molecule has 1 fully saturated rings. The molecule has 0 bridgehead atoms. The molecule has 1 aromatic carbocycles. The van der Waals surface area contributed by atoms with Gasteiger partial charge in [0.15, 0.2) is 0 Å². The average molecular weight is 353 g/mol. The van der Waals surface area contributed by atoms with Crippen LogP contribution in [0.25, 0.3) is 0 Å². The second-order valence-corrected chi connectivity index (χ2v) is 8.35. The fourth-order valence-corrected chi connectivity index (χ4v) is 3.99. The number of hydrogen-bond donors (Lipinski definition) is 2. The zero-order chi connectivity index (χ0) is 17.7. The van der Waals surface area contributed by atoms with Gasteiger partial charge in [0.1, 0.15) is 0 Å². The Kier molecular flexibility index (Phi) is 6.37. The van der Waals surface area contributed by atoms with Crippen LogP contribution in [0, 0.1) is 12.8 Å². The molecule has 1 amide bonds. The first-order chi connectivity index (χ1) is 11.3. The van der Waals surface area contributed by atoms with E-state index in [1.54, 1.807) is 36.2 Å². The topological polar surface area (TPSA) is 92.5 Å². The van der Waals surface area contributed by atoms with E-state index in [0.717, 1.165) is 24.8 Å². The van der Waals surface area contributed by atoms with Crippen LogP contribution in [0.5, 0.6) is 0 Å². The lowest BCUT2D eigenvalue weighted by Crippen LogP contribution is -2.38. The van der Waals surface area contributed by atoms with Gasteiger partial charge in [-0.05, 0) is 37.8 Å². The average Bonchev–Trinajstić information content (AvgIpc) is 2.92. The Labute approximate surface area is 144 Å². The third kappa shape index (κ3) is 5.03. The molecule has 2 rings (SSSR count). The Hall–Kier alpha value is -1.44. The predicted octanol–water partition coefficient (Wildman–Crippen LogP) is 1.25. The van der Waals surface area contributed by atoms with Gasteiger partial charge in [0.25, 0.3) is 0 Å². The lowest BCUT2D eigenvalue weighted by molar-refractivity contribution is -0.130. The summed E-state index contributed by atoms with van der Waals surface area (Å²) < 4.78 is 26.9. The first kappa shape index (κ1) is 18.9. The van der Waals surface area contributed by atoms with Crippen LogP contribution in [-0.4, -0.2) is 45.4 Å². The minimum Gasteiger partial charge on any atom is -0.344 e. The third-order valence-electron chi connectivity index (χ3n) is 4.65. The van der Waals surface area contributed by atoms with E-state index in [0.29, 0.717) is 13.0 Å². The number of hydrogen-bond acceptors (Lipinski definition) is 4. The molecule has 3 N–H and O–H groups in total. The van der Waals surface area contributed by atoms with E-state index in [9.17, 15) is 13.2 Å². The largest absolute Gasteiger partial charge is 0.344 e. The Morgan fingerprint density at radius 3 is 2.54 bits per heavy atom. The molecule has 0 spiro atoms. The number of carbonyl (C=O) groups excluding carboxylic acids is 1. The maximum Gasteiger partial charge on any atom is 0.240 e. The standard InChI is InChI=1S/C17H27N3O3S/c1-13-6-8-15(9-7-13)24(22,23)19-10-11-20(2)17(21)12-14-4-3-5-16(14)18/h6-9,14,16,19H,3-5,10-12,18H2,1-2H3/t14-,16+/m0/s1. The fourth-order valence-electron chi connectivity index (χ4n) is 2.97. The summed E-state index contributed by atoms with van der Waals surface area (Å²) >= 11 is 0. The number of sulfonamides is 1. The molecule has 6 nitrogen and oxygen atoms in total. The van der Waals surface area contributed by atoms with Gasteiger partial charge in [-0.3, -0.25) is 4.79 Å². The molecule has 1 aliphatic carbocycles. The van der Waals surface area contributed by atoms with Crippen molar-refractivity contribution in [2.75, 3.05) is 20.1 Å². The van der Waals surface area contributed by atoms with E-state index < -0.39 is 10.0 Å². The smallest absolute Gasteiger partial charge is 0.240 e. The number of amides is 1. The Bertz CT molecular complexity index is 658. The van der Waals surface area contributed by atoms with E-state index in [1.807, 2.05) is 6.92 Å². The summed E-state index contributed by atoms with van der Waals surface area (Å²) in [7, 11) is -1.84. The molecule has 0 unspecified atom stereocenters. The molecule has 2 atom stereocenters. The van der Waals surface area contributed by atoms with E-state index in [4.69, 9.17) is 5.73 Å². The molecule has 0 radical (unpaired) electrons. The molecule has 0 saturated heterocycles. The number of nitrogens with one attached hydrogen (secondary N) is 1. The van der Waals surface area contributed by atoms with Crippen molar-refractivity contribution in [3.05, 3.63) is 29.8 Å². The zero-order valence-corrected chi connectivity index (χ0v) is 15.2. The molecular formula is C17H27N3O3S. The van der Waals surface area contributed by atoms with Crippen LogP contribution in [0.2, 0.25) is 0 Å². The Morgan fingerprint density at radius 1 is 1.29 bits per heavy atom. The van der Waals surface area contributed by atoms with Crippen molar-refractivity contribution in [1.82, 2.24) is 9.62 Å². The van der Waals surface area contributed by atoms with Crippen LogP contribution < -0.4 is 10.5 Å². The lowest BCUT2D eigenvalue weighted by Gasteiger charge is -2.21. The minimum atomic E-state index is -3.54. The van der Waals surface area contributed by atoms with Gasteiger partial charge in [-0.1, -0.05) is 24.1 Å². The fraction of sp³-hybridized carbons (Fsp3) is 0.588. The van der Waals surface area contributed by atoms with Crippen molar-refractivity contribution in [2.45, 2.75) is 43.5 Å². The summed E-state index contributed by atoms with van der Waals surface area (Å²) in [6.45, 7) is 2.43. The molecule has 0 aromatic heterocycles. The molecule has 1 aromatic rings. The SMILES string of the molecule is Cc1ccc(S(=O)(=O)NCCN(C)C(=O)C[C@@H]2CCC[C@H]2N)cc1. The van der Waals surface area contributed by atoms with Crippen LogP contribution in [0.4, 0.5) is 0 Å². The quantitative estimate of drug-likeness (QED) is 0.771. The number of carbonyl (C=O) groups is 1. The van der Waals surface area contributed by atoms with Gasteiger partial charge in [0.2, 0.25) is 15.9 Å². The molecule has 24 heavy (non-hydrogen) atoms. The highest BCUT2D eigenvalue weighted by atomic mass is 32.2. The third-order valence-corrected chi connectivity index (χ3v) is 6.13. The Balaban J connectivity index is 1.80. The Morgan fingerprint density at radius 2 is 1.96 bits per heavy atom. The maximum atomic E-state index is 12.2. The molecule has 0 aliphatic heterocycles. The van der Waals surface area contributed by atoms with Crippen molar-refractivity contribution in [2.24, 2.45) is 11.7 Å². The van der Waals surface area contributed by atoms with Crippen LogP contribution in [-0.2, 0) is 14.8 Å². The summed E-state index contributed by atoms with van der Waals surface area (Å²) in [4.78, 5) is 14.0. The summed E-state index contributed by atoms with van der Waals surface area (Å²) in [6.07, 6.45) is 3.51. The van der Waals surface area contributed by atoms with Crippen molar-refractivity contribution in [1.29, 1.82) is 0 Å². The second kappa shape index (κ2) is 8.09. The first-order valence-corrected chi connectivity index (χ1v) is 9.84. The van der Waals surface area contributed by atoms with E-state index in [1.165, 1.54) is 0 Å². The maximum absolute atomic E-state index is 12.2. The molecule has 134 valence electrons. The van der Waals surface area contributed by atoms with Crippen molar-refractivity contribution < 1.29 is 13.2 Å². The molecule has 1 aliphatic rings. The molecular weight excluding hydrogens is 326 g/mol. The van der Waals surface area contributed by atoms with Gasteiger partial charge in [-0.2, -0.15) is 0 Å². The number of nitrogens with two attached hydrogens (primary N) is 1. The molecule has 0 heterocycles. The number of rotatable bonds is 7. The van der Waals surface area contributed by atoms with Gasteiger partial charge < -0.3 is 10.6 Å². The highest BCUT2D eigenvalue weighted by Crippen LogP contribution is 2.27. The minimum absolute atomic E-state index is 0.0203. The normalized spacial score (nSPS) is 21.0. The monoisotopic (exact) mass is 353 g/mol. The summed E-state index contributed by atoms with van der Waals surface area (Å²) in [6, 6.07) is 6.79. The van der Waals surface area contributed by atoms with Gasteiger partial charge in [-0.25, -0.2) is 13.1 Å². The van der Waals surface area contributed by atoms with Crippen LogP contribution in [0.1, 0.15) is 31.2 Å². The van der Waals surface area contributed by atoms with Crippen LogP contribution in [0.15, 0.2) is 29.2 Å². The van der Waals surface area contributed by atoms with Crippen molar-refractivity contribution in [3.63, 3.8) is 0 Å². The van der Waals surface area contributed by atoms with Gasteiger partial charge in [0, 0.05) is 32.6 Å². The van der Waals surface area contributed by atoms with E-state index in [2.05, 4.69) is 4.72 Å². The number of likely N-dealkylation sites (N-methyl/N-ethyl adjacent to an activating group) is 1. The van der Waals surface area contributed by atoms with Crippen molar-refractivity contribution in [3.8, 4) is 0 Å². The highest BCUT2D eigenvalue weighted by Gasteiger charge is 2.27. The summed E-state index contributed by atoms with van der Waals surface area (Å²) in [5, 5.41) is 0. The summed E-state index contributed by atoms with van der Waals surface area (Å²) in [5.74, 6) is 0.274. The van der Waals surface area contributed by atoms with Gasteiger partial charge in [-0.15, -0.1) is 0 Å². The van der Waals surface area contributed by atoms with Crippen LogP contribution >= 0.6 is 0 Å². The van der Waals surface area contributed by atoms with Gasteiger partial charge in [0.05, 0.1) is 4.90 Å². The van der Waals surface area contributed by atoms with Gasteiger partial charge >= 0.3 is 0 Å². The number of benzene rings is 1. The number of nitrogens with zero attached hydrogens (tertiary/aromatic N) is 1. The first-order valence-electron chi connectivity index (χ1n) is 8.35. The summed E-state index contributed by atoms with van der Waals surface area (Å²) in [5.41, 5.74) is 7.00. The lowest BCUT2D eigenvalue weighted by atomic mass is 9.99. The molecule has 7 heteroatoms. The van der Waals surface area contributed by atoms with E-state index in [-0.39, 0.29) is 29.3 Å². The number of aryl methyl sites for hydroxylation is 1. The van der Waals surface area contributed by atoms with E-state index >= 15 is 0 Å². The zero-order valence-electron chi connectivity index (χ0n) is 14.4. The molecule has 1 saturated carbocycles. The second-order valence-electron chi connectivity index (χ2n) is 6.59. The van der Waals surface area contributed by atoms with Crippen molar-refractivity contribution >= 4 is 15.9 Å². The van der Waals surface area contributed by atoms with Crippen LogP contribution in [0.3, 0.4) is 0 Å². The highest BCUT2D eigenvalue weighted by molar-refractivity contribution is 7.89.